The zero-order valence-electron chi connectivity index (χ0n) is 9.38. The molecule has 0 saturated heterocycles. The Labute approximate surface area is 104 Å². The molecule has 0 aliphatic heterocycles. The number of ether oxygens (including phenoxy) is 1. The summed E-state index contributed by atoms with van der Waals surface area (Å²) >= 11 is 0. The minimum Gasteiger partial charge on any atom is -0.378 e. The van der Waals surface area contributed by atoms with Crippen LogP contribution in [0.3, 0.4) is 0 Å². The standard InChI is InChI=1S/C11H14F3NO.ClH/c1-16-7-11(13,14)9-4-2-3-8(5-6-15)10(9)12;/h2-4H,5-7,15H2,1H3;1H. The Morgan fingerprint density at radius 2 is 2.00 bits per heavy atom. The first-order valence-corrected chi connectivity index (χ1v) is 4.87. The van der Waals surface area contributed by atoms with E-state index in [0.717, 1.165) is 13.2 Å². The molecule has 0 heterocycles. The summed E-state index contributed by atoms with van der Waals surface area (Å²) in [5, 5.41) is 0. The first kappa shape index (κ1) is 16.2. The van der Waals surface area contributed by atoms with Gasteiger partial charge in [-0.25, -0.2) is 4.39 Å². The van der Waals surface area contributed by atoms with Crippen LogP contribution in [0.15, 0.2) is 18.2 Å². The van der Waals surface area contributed by atoms with Gasteiger partial charge in [-0.15, -0.1) is 12.4 Å². The smallest absolute Gasteiger partial charge is 0.298 e. The molecule has 0 aliphatic rings. The van der Waals surface area contributed by atoms with Crippen molar-refractivity contribution in [3.8, 4) is 0 Å². The van der Waals surface area contributed by atoms with Gasteiger partial charge in [0.1, 0.15) is 12.4 Å². The lowest BCUT2D eigenvalue weighted by atomic mass is 10.0. The molecule has 1 rings (SSSR count). The molecular formula is C11H15ClF3NO. The quantitative estimate of drug-likeness (QED) is 0.891. The number of benzene rings is 1. The van der Waals surface area contributed by atoms with Gasteiger partial charge in [0.05, 0.1) is 5.56 Å². The lowest BCUT2D eigenvalue weighted by Gasteiger charge is -2.17. The molecule has 0 radical (unpaired) electrons. The summed E-state index contributed by atoms with van der Waals surface area (Å²) in [7, 11) is 1.15. The Hall–Kier alpha value is -0.780. The molecule has 2 nitrogen and oxygen atoms in total. The van der Waals surface area contributed by atoms with E-state index in [9.17, 15) is 13.2 Å². The second-order valence-electron chi connectivity index (χ2n) is 3.45. The van der Waals surface area contributed by atoms with Crippen molar-refractivity contribution < 1.29 is 17.9 Å². The lowest BCUT2D eigenvalue weighted by Crippen LogP contribution is -2.22. The third-order valence-corrected chi connectivity index (χ3v) is 2.21. The molecule has 98 valence electrons. The monoisotopic (exact) mass is 269 g/mol. The van der Waals surface area contributed by atoms with Crippen LogP contribution in [-0.2, 0) is 17.1 Å². The van der Waals surface area contributed by atoms with Crippen molar-refractivity contribution in [3.63, 3.8) is 0 Å². The average Bonchev–Trinajstić information content (AvgIpc) is 2.21. The van der Waals surface area contributed by atoms with Crippen LogP contribution in [0, 0.1) is 5.82 Å². The SMILES string of the molecule is COCC(F)(F)c1cccc(CCN)c1F.Cl. The molecular weight excluding hydrogens is 255 g/mol. The third kappa shape index (κ3) is 3.87. The molecule has 0 aromatic heterocycles. The van der Waals surface area contributed by atoms with Crippen LogP contribution in [0.5, 0.6) is 0 Å². The predicted octanol–water partition coefficient (Wildman–Crippen LogP) is 2.49. The average molecular weight is 270 g/mol. The molecule has 1 aromatic carbocycles. The van der Waals surface area contributed by atoms with Gasteiger partial charge in [-0.05, 0) is 24.6 Å². The van der Waals surface area contributed by atoms with Crippen LogP contribution in [0.25, 0.3) is 0 Å². The van der Waals surface area contributed by atoms with Gasteiger partial charge in [0, 0.05) is 7.11 Å². The fourth-order valence-electron chi connectivity index (χ4n) is 1.47. The maximum Gasteiger partial charge on any atom is 0.298 e. The van der Waals surface area contributed by atoms with Gasteiger partial charge >= 0.3 is 0 Å². The van der Waals surface area contributed by atoms with E-state index < -0.39 is 23.9 Å². The van der Waals surface area contributed by atoms with Crippen LogP contribution < -0.4 is 5.73 Å². The third-order valence-electron chi connectivity index (χ3n) is 2.21. The summed E-state index contributed by atoms with van der Waals surface area (Å²) in [6, 6.07) is 3.91. The Balaban J connectivity index is 0.00000256. The normalized spacial score (nSPS) is 11.1. The first-order chi connectivity index (χ1) is 7.53. The molecule has 17 heavy (non-hydrogen) atoms. The van der Waals surface area contributed by atoms with E-state index in [4.69, 9.17) is 5.73 Å². The molecule has 6 heteroatoms. The van der Waals surface area contributed by atoms with Crippen molar-refractivity contribution in [1.29, 1.82) is 0 Å². The van der Waals surface area contributed by atoms with Gasteiger partial charge in [0.2, 0.25) is 0 Å². The summed E-state index contributed by atoms with van der Waals surface area (Å²) in [6.45, 7) is -0.619. The fourth-order valence-corrected chi connectivity index (χ4v) is 1.47. The highest BCUT2D eigenvalue weighted by Gasteiger charge is 2.35. The molecule has 0 bridgehead atoms. The van der Waals surface area contributed by atoms with E-state index in [-0.39, 0.29) is 30.9 Å². The largest absolute Gasteiger partial charge is 0.378 e. The number of halogens is 4. The van der Waals surface area contributed by atoms with Crippen molar-refractivity contribution in [3.05, 3.63) is 35.1 Å². The van der Waals surface area contributed by atoms with Crippen LogP contribution >= 0.6 is 12.4 Å². The molecule has 0 atom stereocenters. The van der Waals surface area contributed by atoms with Gasteiger partial charge in [0.25, 0.3) is 5.92 Å². The lowest BCUT2D eigenvalue weighted by molar-refractivity contribution is -0.0722. The van der Waals surface area contributed by atoms with Gasteiger partial charge in [-0.1, -0.05) is 12.1 Å². The number of nitrogens with two attached hydrogens (primary N) is 1. The van der Waals surface area contributed by atoms with E-state index in [1.165, 1.54) is 12.1 Å². The predicted molar refractivity (Wildman–Crippen MR) is 62.2 cm³/mol. The van der Waals surface area contributed by atoms with Crippen molar-refractivity contribution in [2.24, 2.45) is 5.73 Å². The number of hydrogen-bond donors (Lipinski definition) is 1. The molecule has 0 fully saturated rings. The van der Waals surface area contributed by atoms with E-state index in [0.29, 0.717) is 0 Å². The zero-order valence-corrected chi connectivity index (χ0v) is 10.2. The van der Waals surface area contributed by atoms with E-state index in [1.54, 1.807) is 0 Å². The highest BCUT2D eigenvalue weighted by atomic mass is 35.5. The van der Waals surface area contributed by atoms with Crippen LogP contribution in [0.1, 0.15) is 11.1 Å². The summed E-state index contributed by atoms with van der Waals surface area (Å²) in [6.07, 6.45) is 0.239. The molecule has 0 amide bonds. The minimum absolute atomic E-state index is 0. The highest BCUT2D eigenvalue weighted by molar-refractivity contribution is 5.85. The number of methoxy groups -OCH3 is 1. The van der Waals surface area contributed by atoms with E-state index in [1.807, 2.05) is 0 Å². The molecule has 0 saturated carbocycles. The van der Waals surface area contributed by atoms with Crippen LogP contribution in [0.2, 0.25) is 0 Å². The topological polar surface area (TPSA) is 35.2 Å². The Kier molecular flexibility index (Phi) is 6.52. The first-order valence-electron chi connectivity index (χ1n) is 4.87. The van der Waals surface area contributed by atoms with E-state index >= 15 is 0 Å². The zero-order chi connectivity index (χ0) is 12.2. The van der Waals surface area contributed by atoms with Crippen molar-refractivity contribution in [2.45, 2.75) is 12.3 Å². The van der Waals surface area contributed by atoms with Gasteiger partial charge in [0.15, 0.2) is 0 Å². The second kappa shape index (κ2) is 6.83. The van der Waals surface area contributed by atoms with Crippen molar-refractivity contribution >= 4 is 12.4 Å². The van der Waals surface area contributed by atoms with Crippen molar-refractivity contribution in [2.75, 3.05) is 20.3 Å². The molecule has 0 aliphatic carbocycles. The van der Waals surface area contributed by atoms with Gasteiger partial charge in [-0.2, -0.15) is 8.78 Å². The molecule has 1 aromatic rings. The van der Waals surface area contributed by atoms with Crippen molar-refractivity contribution in [1.82, 2.24) is 0 Å². The van der Waals surface area contributed by atoms with Crippen LogP contribution in [-0.4, -0.2) is 20.3 Å². The van der Waals surface area contributed by atoms with Gasteiger partial charge in [-0.3, -0.25) is 0 Å². The minimum atomic E-state index is -3.32. The Morgan fingerprint density at radius 3 is 2.53 bits per heavy atom. The molecule has 0 spiro atoms. The number of alkyl halides is 2. The molecule has 2 N–H and O–H groups in total. The highest BCUT2D eigenvalue weighted by Crippen LogP contribution is 2.31. The summed E-state index contributed by atoms with van der Waals surface area (Å²) in [5.74, 6) is -4.21. The fraction of sp³-hybridized carbons (Fsp3) is 0.455. The number of rotatable bonds is 5. The molecule has 0 unspecified atom stereocenters. The summed E-state index contributed by atoms with van der Waals surface area (Å²) < 4.78 is 44.9. The summed E-state index contributed by atoms with van der Waals surface area (Å²) in [5.41, 5.74) is 4.83. The Morgan fingerprint density at radius 1 is 1.35 bits per heavy atom. The maximum atomic E-state index is 13.7. The Bertz CT molecular complexity index is 361. The van der Waals surface area contributed by atoms with Gasteiger partial charge < -0.3 is 10.5 Å². The van der Waals surface area contributed by atoms with Crippen LogP contribution in [0.4, 0.5) is 13.2 Å². The summed E-state index contributed by atoms with van der Waals surface area (Å²) in [4.78, 5) is 0. The van der Waals surface area contributed by atoms with E-state index in [2.05, 4.69) is 4.74 Å². The maximum absolute atomic E-state index is 13.7. The second-order valence-corrected chi connectivity index (χ2v) is 3.45. The number of hydrogen-bond acceptors (Lipinski definition) is 2.